The lowest BCUT2D eigenvalue weighted by Crippen LogP contribution is -2.13. The predicted molar refractivity (Wildman–Crippen MR) is 106 cm³/mol. The van der Waals surface area contributed by atoms with Gasteiger partial charge in [0.1, 0.15) is 0 Å². The van der Waals surface area contributed by atoms with E-state index < -0.39 is 26.4 Å². The zero-order valence-electron chi connectivity index (χ0n) is 15.7. The Morgan fingerprint density at radius 3 is 2.67 bits per heavy atom. The number of amides is 1. The highest BCUT2D eigenvalue weighted by molar-refractivity contribution is 7.90. The number of nitrogens with zero attached hydrogens (tertiary/aromatic N) is 5. The Morgan fingerprint density at radius 1 is 1.23 bits per heavy atom. The van der Waals surface area contributed by atoms with Crippen LogP contribution in [0.2, 0.25) is 0 Å². The number of carbonyl (C=O) groups excluding carboxylic acids is 1. The van der Waals surface area contributed by atoms with E-state index in [9.17, 15) is 23.3 Å². The standard InChI is InChI=1S/C18H16N6O5S/c1-30(28,29)16-9-12(8-15(10-16)24(26)27)18(25)19-13-4-2-3-11(7-13)17-20-21-22-23(17)14-5-6-14/h2-4,7-10,14H,5-6H2,1H3,(H,19,25). The van der Waals surface area contributed by atoms with Crippen LogP contribution in [0.25, 0.3) is 11.4 Å². The van der Waals surface area contributed by atoms with E-state index in [1.807, 2.05) is 0 Å². The van der Waals surface area contributed by atoms with Crippen LogP contribution in [-0.4, -0.2) is 45.7 Å². The molecule has 154 valence electrons. The lowest BCUT2D eigenvalue weighted by Gasteiger charge is -2.09. The predicted octanol–water partition coefficient (Wildman–Crippen LogP) is 2.24. The van der Waals surface area contributed by atoms with Gasteiger partial charge >= 0.3 is 0 Å². The van der Waals surface area contributed by atoms with Gasteiger partial charge in [0.05, 0.1) is 15.9 Å². The molecule has 2 aromatic carbocycles. The molecule has 30 heavy (non-hydrogen) atoms. The molecular weight excluding hydrogens is 412 g/mol. The van der Waals surface area contributed by atoms with Gasteiger partial charge in [-0.2, -0.15) is 0 Å². The lowest BCUT2D eigenvalue weighted by atomic mass is 10.1. The summed E-state index contributed by atoms with van der Waals surface area (Å²) in [4.78, 5) is 22.8. The van der Waals surface area contributed by atoms with Crippen LogP contribution in [0.15, 0.2) is 47.4 Å². The van der Waals surface area contributed by atoms with E-state index in [1.54, 1.807) is 28.9 Å². The summed E-state index contributed by atoms with van der Waals surface area (Å²) in [6.45, 7) is 0. The molecule has 1 aromatic heterocycles. The summed E-state index contributed by atoms with van der Waals surface area (Å²) in [5.74, 6) is -0.106. The highest BCUT2D eigenvalue weighted by atomic mass is 32.2. The third-order valence-electron chi connectivity index (χ3n) is 4.56. The molecule has 1 amide bonds. The van der Waals surface area contributed by atoms with Crippen molar-refractivity contribution in [2.24, 2.45) is 0 Å². The van der Waals surface area contributed by atoms with Gasteiger partial charge in [-0.3, -0.25) is 14.9 Å². The maximum absolute atomic E-state index is 12.7. The van der Waals surface area contributed by atoms with Gasteiger partial charge in [-0.1, -0.05) is 12.1 Å². The Hall–Kier alpha value is -3.67. The molecule has 11 nitrogen and oxygen atoms in total. The molecule has 0 spiro atoms. The monoisotopic (exact) mass is 428 g/mol. The molecule has 0 unspecified atom stereocenters. The van der Waals surface area contributed by atoms with Gasteiger partial charge in [0, 0.05) is 35.2 Å². The van der Waals surface area contributed by atoms with Crippen LogP contribution < -0.4 is 5.32 Å². The maximum Gasteiger partial charge on any atom is 0.271 e. The van der Waals surface area contributed by atoms with Crippen molar-refractivity contribution in [2.75, 3.05) is 11.6 Å². The fraction of sp³-hybridized carbons (Fsp3) is 0.222. The first kappa shape index (κ1) is 19.6. The number of non-ortho nitro benzene ring substituents is 1. The van der Waals surface area contributed by atoms with Gasteiger partial charge in [-0.15, -0.1) is 5.10 Å². The number of benzene rings is 2. The number of hydrogen-bond acceptors (Lipinski definition) is 8. The average molecular weight is 428 g/mol. The molecule has 1 fully saturated rings. The Morgan fingerprint density at radius 2 is 2.00 bits per heavy atom. The molecule has 0 radical (unpaired) electrons. The van der Waals surface area contributed by atoms with Crippen molar-refractivity contribution in [3.8, 4) is 11.4 Å². The SMILES string of the molecule is CS(=O)(=O)c1cc(C(=O)Nc2cccc(-c3nnnn3C3CC3)c2)cc([N+](=O)[O-])c1. The second-order valence-electron chi connectivity index (χ2n) is 6.96. The lowest BCUT2D eigenvalue weighted by molar-refractivity contribution is -0.385. The minimum atomic E-state index is -3.74. The number of carbonyl (C=O) groups is 1. The van der Waals surface area contributed by atoms with Gasteiger partial charge in [0.2, 0.25) is 0 Å². The molecule has 0 bridgehead atoms. The van der Waals surface area contributed by atoms with Gasteiger partial charge in [0.15, 0.2) is 15.7 Å². The second kappa shape index (κ2) is 7.30. The van der Waals surface area contributed by atoms with Crippen molar-refractivity contribution in [3.05, 3.63) is 58.1 Å². The summed E-state index contributed by atoms with van der Waals surface area (Å²) in [7, 11) is -3.74. The van der Waals surface area contributed by atoms with E-state index in [0.29, 0.717) is 17.1 Å². The average Bonchev–Trinajstić information content (AvgIpc) is 3.43. The number of hydrogen-bond donors (Lipinski definition) is 1. The van der Waals surface area contributed by atoms with Gasteiger partial charge < -0.3 is 5.32 Å². The summed E-state index contributed by atoms with van der Waals surface area (Å²) in [5.41, 5.74) is 0.481. The highest BCUT2D eigenvalue weighted by Gasteiger charge is 2.28. The van der Waals surface area contributed by atoms with Crippen molar-refractivity contribution in [1.29, 1.82) is 0 Å². The molecule has 1 aliphatic carbocycles. The van der Waals surface area contributed by atoms with Crippen molar-refractivity contribution in [3.63, 3.8) is 0 Å². The summed E-state index contributed by atoms with van der Waals surface area (Å²) in [6, 6.07) is 10.2. The van der Waals surface area contributed by atoms with Crippen molar-refractivity contribution < 1.29 is 18.1 Å². The molecule has 0 aliphatic heterocycles. The van der Waals surface area contributed by atoms with Crippen LogP contribution in [-0.2, 0) is 9.84 Å². The Kier molecular flexibility index (Phi) is 4.78. The molecule has 4 rings (SSSR count). The van der Waals surface area contributed by atoms with E-state index >= 15 is 0 Å². The quantitative estimate of drug-likeness (QED) is 0.464. The van der Waals surface area contributed by atoms with Crippen LogP contribution in [0, 0.1) is 10.1 Å². The van der Waals surface area contributed by atoms with Crippen LogP contribution in [0.5, 0.6) is 0 Å². The molecule has 12 heteroatoms. The Labute approximate surface area is 170 Å². The highest BCUT2D eigenvalue weighted by Crippen LogP contribution is 2.36. The zero-order valence-corrected chi connectivity index (χ0v) is 16.5. The van der Waals surface area contributed by atoms with Crippen LogP contribution >= 0.6 is 0 Å². The van der Waals surface area contributed by atoms with E-state index in [-0.39, 0.29) is 16.5 Å². The number of nitro benzene ring substituents is 1. The molecule has 0 saturated heterocycles. The van der Waals surface area contributed by atoms with Crippen LogP contribution in [0.4, 0.5) is 11.4 Å². The smallest absolute Gasteiger partial charge is 0.271 e. The first-order valence-corrected chi connectivity index (χ1v) is 10.8. The van der Waals surface area contributed by atoms with E-state index in [0.717, 1.165) is 37.3 Å². The summed E-state index contributed by atoms with van der Waals surface area (Å²) >= 11 is 0. The Balaban J connectivity index is 1.64. The summed E-state index contributed by atoms with van der Waals surface area (Å²) in [6.07, 6.45) is 2.93. The zero-order chi connectivity index (χ0) is 21.5. The summed E-state index contributed by atoms with van der Waals surface area (Å²) < 4.78 is 25.4. The molecule has 0 atom stereocenters. The fourth-order valence-corrected chi connectivity index (χ4v) is 3.60. The van der Waals surface area contributed by atoms with Crippen molar-refractivity contribution >= 4 is 27.1 Å². The summed E-state index contributed by atoms with van der Waals surface area (Å²) in [5, 5.41) is 25.5. The minimum absolute atomic E-state index is 0.141. The molecule has 1 heterocycles. The molecule has 1 N–H and O–H groups in total. The van der Waals surface area contributed by atoms with E-state index in [1.165, 1.54) is 0 Å². The number of nitrogens with one attached hydrogen (secondary N) is 1. The minimum Gasteiger partial charge on any atom is -0.322 e. The largest absolute Gasteiger partial charge is 0.322 e. The maximum atomic E-state index is 12.7. The number of rotatable bonds is 6. The molecule has 3 aromatic rings. The molecule has 1 saturated carbocycles. The van der Waals surface area contributed by atoms with Crippen LogP contribution in [0.1, 0.15) is 29.2 Å². The normalized spacial score (nSPS) is 13.8. The third-order valence-corrected chi connectivity index (χ3v) is 5.65. The molecule has 1 aliphatic rings. The van der Waals surface area contributed by atoms with Crippen molar-refractivity contribution in [1.82, 2.24) is 20.2 Å². The first-order chi connectivity index (χ1) is 14.2. The number of tetrazole rings is 1. The topological polar surface area (TPSA) is 150 Å². The third kappa shape index (κ3) is 4.03. The van der Waals surface area contributed by atoms with E-state index in [2.05, 4.69) is 20.8 Å². The Bertz CT molecular complexity index is 1270. The fourth-order valence-electron chi connectivity index (χ4n) is 2.92. The van der Waals surface area contributed by atoms with Crippen molar-refractivity contribution in [2.45, 2.75) is 23.8 Å². The number of sulfone groups is 1. The number of anilines is 1. The van der Waals surface area contributed by atoms with Gasteiger partial charge in [0.25, 0.3) is 11.6 Å². The number of aromatic nitrogens is 4. The number of nitro groups is 1. The van der Waals surface area contributed by atoms with Crippen LogP contribution in [0.3, 0.4) is 0 Å². The van der Waals surface area contributed by atoms with Gasteiger partial charge in [-0.25, -0.2) is 13.1 Å². The molecular formula is C18H16N6O5S. The van der Waals surface area contributed by atoms with Gasteiger partial charge in [-0.05, 0) is 41.5 Å². The first-order valence-electron chi connectivity index (χ1n) is 8.91. The van der Waals surface area contributed by atoms with E-state index in [4.69, 9.17) is 0 Å². The second-order valence-corrected chi connectivity index (χ2v) is 8.97.